The molecular weight excluding hydrogens is 655 g/mol. The monoisotopic (exact) mass is 685 g/mol. The van der Waals surface area contributed by atoms with E-state index in [9.17, 15) is 0 Å². The molecular formula is C52H31NO. The highest BCUT2D eigenvalue weighted by atomic mass is 16.3. The van der Waals surface area contributed by atoms with Crippen LogP contribution >= 0.6 is 0 Å². The number of nitrogens with zero attached hydrogens (tertiary/aromatic N) is 1. The minimum atomic E-state index is 0.903. The van der Waals surface area contributed by atoms with Gasteiger partial charge in [0, 0.05) is 27.5 Å². The van der Waals surface area contributed by atoms with Gasteiger partial charge in [0.25, 0.3) is 0 Å². The first-order valence-electron chi connectivity index (χ1n) is 18.6. The average Bonchev–Trinajstić information content (AvgIpc) is 3.60. The van der Waals surface area contributed by atoms with Crippen molar-refractivity contribution < 1.29 is 4.42 Å². The van der Waals surface area contributed by atoms with Gasteiger partial charge >= 0.3 is 0 Å². The van der Waals surface area contributed by atoms with Gasteiger partial charge < -0.3 is 9.32 Å². The van der Waals surface area contributed by atoms with E-state index in [1.54, 1.807) is 0 Å². The summed E-state index contributed by atoms with van der Waals surface area (Å²) in [6.07, 6.45) is 0. The molecule has 0 aliphatic heterocycles. The number of fused-ring (bicyclic) bond motifs is 9. The lowest BCUT2D eigenvalue weighted by Gasteiger charge is -2.27. The number of hydrogen-bond acceptors (Lipinski definition) is 2. The van der Waals surface area contributed by atoms with Gasteiger partial charge in [-0.25, -0.2) is 0 Å². The van der Waals surface area contributed by atoms with Crippen molar-refractivity contribution in [1.82, 2.24) is 0 Å². The first-order chi connectivity index (χ1) is 26.8. The second kappa shape index (κ2) is 11.2. The largest absolute Gasteiger partial charge is 0.456 e. The Bertz CT molecular complexity index is 3390. The molecule has 250 valence electrons. The topological polar surface area (TPSA) is 16.4 Å². The molecule has 0 saturated heterocycles. The molecule has 54 heavy (non-hydrogen) atoms. The maximum atomic E-state index is 6.73. The number of benzene rings is 11. The molecule has 12 rings (SSSR count). The smallest absolute Gasteiger partial charge is 0.136 e. The molecule has 0 fully saturated rings. The number of rotatable bonds is 4. The van der Waals surface area contributed by atoms with Crippen molar-refractivity contribution >= 4 is 104 Å². The molecule has 0 saturated carbocycles. The molecule has 11 aromatic carbocycles. The fourth-order valence-electron chi connectivity index (χ4n) is 9.16. The molecule has 1 heterocycles. The van der Waals surface area contributed by atoms with Gasteiger partial charge in [-0.2, -0.15) is 0 Å². The minimum absolute atomic E-state index is 0.903. The maximum Gasteiger partial charge on any atom is 0.136 e. The molecule has 0 radical (unpaired) electrons. The summed E-state index contributed by atoms with van der Waals surface area (Å²) in [7, 11) is 0. The van der Waals surface area contributed by atoms with Gasteiger partial charge in [0.15, 0.2) is 0 Å². The zero-order valence-corrected chi connectivity index (χ0v) is 29.3. The van der Waals surface area contributed by atoms with Gasteiger partial charge in [-0.1, -0.05) is 133 Å². The van der Waals surface area contributed by atoms with Crippen LogP contribution in [-0.2, 0) is 0 Å². The highest BCUT2D eigenvalue weighted by molar-refractivity contribution is 6.29. The molecule has 0 aliphatic rings. The lowest BCUT2D eigenvalue weighted by atomic mass is 9.89. The maximum absolute atomic E-state index is 6.73. The van der Waals surface area contributed by atoms with Gasteiger partial charge in [0.2, 0.25) is 0 Å². The van der Waals surface area contributed by atoms with Crippen LogP contribution in [0.25, 0.3) is 97.7 Å². The van der Waals surface area contributed by atoms with Crippen LogP contribution in [-0.4, -0.2) is 0 Å². The van der Waals surface area contributed by atoms with E-state index in [2.05, 4.69) is 193 Å². The summed E-state index contributed by atoms with van der Waals surface area (Å²) in [5.41, 5.74) is 7.60. The van der Waals surface area contributed by atoms with Crippen molar-refractivity contribution in [2.75, 3.05) is 4.90 Å². The van der Waals surface area contributed by atoms with Crippen LogP contribution in [0, 0.1) is 0 Å². The number of hydrogen-bond donors (Lipinski definition) is 0. The average molecular weight is 686 g/mol. The molecule has 0 bridgehead atoms. The summed E-state index contributed by atoms with van der Waals surface area (Å²) in [5, 5.41) is 17.4. The molecule has 0 unspecified atom stereocenters. The van der Waals surface area contributed by atoms with Gasteiger partial charge in [-0.3, -0.25) is 0 Å². The van der Waals surface area contributed by atoms with Crippen molar-refractivity contribution in [3.8, 4) is 11.1 Å². The van der Waals surface area contributed by atoms with Crippen molar-refractivity contribution in [2.24, 2.45) is 0 Å². The van der Waals surface area contributed by atoms with Crippen LogP contribution in [0.4, 0.5) is 17.1 Å². The summed E-state index contributed by atoms with van der Waals surface area (Å²) in [5.74, 6) is 0. The third kappa shape index (κ3) is 4.17. The number of anilines is 3. The standard InChI is InChI=1S/C52H31NO/c1-3-11-35(12-4-1)53(36-13-5-2-6-14-36)48-28-23-33-20-26-43-37(24-19-32-21-27-44(48)52(33)51(32)43)34-22-25-42-47-30-45-40-17-9-7-15-38(40)39-16-8-10-18-41(39)46(45)31-50(47)54-49(42)29-34/h1-31H. The number of furan rings is 1. The Labute approximate surface area is 311 Å². The highest BCUT2D eigenvalue weighted by Gasteiger charge is 2.20. The predicted molar refractivity (Wildman–Crippen MR) is 230 cm³/mol. The fraction of sp³-hybridized carbons (Fsp3) is 0. The molecule has 0 N–H and O–H groups in total. The van der Waals surface area contributed by atoms with Gasteiger partial charge in [-0.15, -0.1) is 0 Å². The van der Waals surface area contributed by atoms with Crippen molar-refractivity contribution in [3.63, 3.8) is 0 Å². The van der Waals surface area contributed by atoms with E-state index in [1.807, 2.05) is 0 Å². The van der Waals surface area contributed by atoms with Crippen molar-refractivity contribution in [1.29, 1.82) is 0 Å². The van der Waals surface area contributed by atoms with Crippen molar-refractivity contribution in [2.45, 2.75) is 0 Å². The first kappa shape index (κ1) is 29.4. The molecule has 0 atom stereocenters. The third-order valence-electron chi connectivity index (χ3n) is 11.6. The Morgan fingerprint density at radius 1 is 0.315 bits per heavy atom. The number of para-hydroxylation sites is 2. The Hall–Kier alpha value is -7.16. The van der Waals surface area contributed by atoms with Crippen LogP contribution in [0.2, 0.25) is 0 Å². The SMILES string of the molecule is c1ccc(N(c2ccccc2)c2ccc3ccc4c(-c5ccc6c(c5)oc5cc7c8ccccc8c8ccccc8c7cc56)ccc5ccc2c3c54)cc1. The second-order valence-corrected chi connectivity index (χ2v) is 14.4. The summed E-state index contributed by atoms with van der Waals surface area (Å²) in [4.78, 5) is 2.37. The molecule has 2 nitrogen and oxygen atoms in total. The molecule has 0 amide bonds. The lowest BCUT2D eigenvalue weighted by molar-refractivity contribution is 0.669. The van der Waals surface area contributed by atoms with Gasteiger partial charge in [0.1, 0.15) is 11.2 Å². The van der Waals surface area contributed by atoms with Gasteiger partial charge in [-0.05, 0) is 125 Å². The zero-order valence-electron chi connectivity index (χ0n) is 29.3. The minimum Gasteiger partial charge on any atom is -0.456 e. The quantitative estimate of drug-likeness (QED) is 0.172. The summed E-state index contributed by atoms with van der Waals surface area (Å²) in [6, 6.07) is 68.4. The van der Waals surface area contributed by atoms with Crippen LogP contribution in [0.1, 0.15) is 0 Å². The van der Waals surface area contributed by atoms with E-state index >= 15 is 0 Å². The Morgan fingerprint density at radius 2 is 0.815 bits per heavy atom. The van der Waals surface area contributed by atoms with Crippen LogP contribution in [0.15, 0.2) is 192 Å². The third-order valence-corrected chi connectivity index (χ3v) is 11.6. The van der Waals surface area contributed by atoms with E-state index in [4.69, 9.17) is 4.42 Å². The second-order valence-electron chi connectivity index (χ2n) is 14.4. The molecule has 0 aliphatic carbocycles. The summed E-state index contributed by atoms with van der Waals surface area (Å²) < 4.78 is 6.73. The zero-order chi connectivity index (χ0) is 35.3. The summed E-state index contributed by atoms with van der Waals surface area (Å²) >= 11 is 0. The highest BCUT2D eigenvalue weighted by Crippen LogP contribution is 2.46. The molecule has 12 aromatic rings. The van der Waals surface area contributed by atoms with E-state index in [1.165, 1.54) is 70.2 Å². The normalized spacial score (nSPS) is 12.1. The van der Waals surface area contributed by atoms with E-state index in [0.29, 0.717) is 0 Å². The van der Waals surface area contributed by atoms with Crippen LogP contribution in [0.5, 0.6) is 0 Å². The van der Waals surface area contributed by atoms with Crippen LogP contribution < -0.4 is 4.90 Å². The lowest BCUT2D eigenvalue weighted by Crippen LogP contribution is -2.10. The van der Waals surface area contributed by atoms with E-state index in [-0.39, 0.29) is 0 Å². The predicted octanol–water partition coefficient (Wildman–Crippen LogP) is 15.1. The summed E-state index contributed by atoms with van der Waals surface area (Å²) in [6.45, 7) is 0. The Morgan fingerprint density at radius 3 is 1.48 bits per heavy atom. The molecule has 2 heteroatoms. The Balaban J connectivity index is 1.06. The fourth-order valence-corrected chi connectivity index (χ4v) is 9.16. The van der Waals surface area contributed by atoms with Crippen molar-refractivity contribution in [3.05, 3.63) is 188 Å². The Kier molecular flexibility index (Phi) is 6.09. The van der Waals surface area contributed by atoms with Gasteiger partial charge in [0.05, 0.1) is 5.69 Å². The van der Waals surface area contributed by atoms with E-state index < -0.39 is 0 Å². The molecule has 0 spiro atoms. The first-order valence-corrected chi connectivity index (χ1v) is 18.6. The molecule has 1 aromatic heterocycles. The van der Waals surface area contributed by atoms with Crippen LogP contribution in [0.3, 0.4) is 0 Å². The van der Waals surface area contributed by atoms with E-state index in [0.717, 1.165) is 44.6 Å².